The zero-order valence-electron chi connectivity index (χ0n) is 18.1. The van der Waals surface area contributed by atoms with Crippen molar-refractivity contribution in [3.05, 3.63) is 112 Å². The smallest absolute Gasteiger partial charge is 0.264 e. The summed E-state index contributed by atoms with van der Waals surface area (Å²) in [5, 5.41) is 13.8. The Morgan fingerprint density at radius 3 is 2.52 bits per heavy atom. The van der Waals surface area contributed by atoms with Crippen molar-refractivity contribution in [2.75, 3.05) is 4.90 Å². The van der Waals surface area contributed by atoms with Crippen LogP contribution in [0.1, 0.15) is 33.5 Å². The van der Waals surface area contributed by atoms with Gasteiger partial charge in [0.25, 0.3) is 5.91 Å². The summed E-state index contributed by atoms with van der Waals surface area (Å²) < 4.78 is 0. The SMILES string of the molecule is Cc1ccccc1CN1C(=O)C(O)(CC(=O)c2cccc3ccccc23)c2cc(Cl)ccc21. The normalized spacial score (nSPS) is 17.4. The molecule has 5 rings (SSSR count). The van der Waals surface area contributed by atoms with E-state index in [0.29, 0.717) is 28.4 Å². The van der Waals surface area contributed by atoms with E-state index in [1.807, 2.05) is 67.6 Å². The first-order valence-electron chi connectivity index (χ1n) is 10.8. The van der Waals surface area contributed by atoms with E-state index in [9.17, 15) is 14.7 Å². The Morgan fingerprint density at radius 1 is 0.970 bits per heavy atom. The molecule has 1 atom stereocenters. The number of nitrogens with zero attached hydrogens (tertiary/aromatic N) is 1. The lowest BCUT2D eigenvalue weighted by atomic mass is 9.87. The fourth-order valence-corrected chi connectivity index (χ4v) is 4.78. The van der Waals surface area contributed by atoms with E-state index >= 15 is 0 Å². The fourth-order valence-electron chi connectivity index (χ4n) is 4.60. The van der Waals surface area contributed by atoms with E-state index in [1.165, 1.54) is 0 Å². The first-order chi connectivity index (χ1) is 15.9. The summed E-state index contributed by atoms with van der Waals surface area (Å²) in [6, 6.07) is 25.9. The van der Waals surface area contributed by atoms with Crippen LogP contribution in [0.5, 0.6) is 0 Å². The third-order valence-corrected chi connectivity index (χ3v) is 6.63. The predicted molar refractivity (Wildman–Crippen MR) is 131 cm³/mol. The summed E-state index contributed by atoms with van der Waals surface area (Å²) in [7, 11) is 0. The molecule has 1 aliphatic rings. The topological polar surface area (TPSA) is 57.6 Å². The molecule has 164 valence electrons. The van der Waals surface area contributed by atoms with Crippen LogP contribution in [0.3, 0.4) is 0 Å². The van der Waals surface area contributed by atoms with Gasteiger partial charge in [0, 0.05) is 16.1 Å². The number of carbonyl (C=O) groups is 2. The second kappa shape index (κ2) is 8.14. The molecule has 5 heteroatoms. The quantitative estimate of drug-likeness (QED) is 0.386. The zero-order valence-corrected chi connectivity index (χ0v) is 18.8. The first-order valence-corrected chi connectivity index (χ1v) is 11.2. The van der Waals surface area contributed by atoms with Crippen LogP contribution in [-0.2, 0) is 16.9 Å². The van der Waals surface area contributed by atoms with Gasteiger partial charge in [0.2, 0.25) is 0 Å². The largest absolute Gasteiger partial charge is 0.375 e. The molecule has 0 bridgehead atoms. The summed E-state index contributed by atoms with van der Waals surface area (Å²) in [5.41, 5.74) is 1.44. The van der Waals surface area contributed by atoms with E-state index in [4.69, 9.17) is 11.6 Å². The number of hydrogen-bond acceptors (Lipinski definition) is 3. The third kappa shape index (κ3) is 3.62. The highest BCUT2D eigenvalue weighted by molar-refractivity contribution is 6.31. The number of benzene rings is 4. The number of aryl methyl sites for hydroxylation is 1. The molecule has 0 saturated heterocycles. The van der Waals surface area contributed by atoms with Crippen molar-refractivity contribution in [2.45, 2.75) is 25.5 Å². The van der Waals surface area contributed by atoms with E-state index in [2.05, 4.69) is 0 Å². The molecule has 4 aromatic rings. The molecule has 0 spiro atoms. The molecule has 0 aromatic heterocycles. The first kappa shape index (κ1) is 21.4. The maximum atomic E-state index is 13.6. The van der Waals surface area contributed by atoms with Gasteiger partial charge >= 0.3 is 0 Å². The molecular weight excluding hydrogens is 434 g/mol. The van der Waals surface area contributed by atoms with Gasteiger partial charge in [-0.25, -0.2) is 0 Å². The molecular formula is C28H22ClNO3. The number of carbonyl (C=O) groups excluding carboxylic acids is 2. The van der Waals surface area contributed by atoms with Crippen LogP contribution in [0.15, 0.2) is 84.9 Å². The van der Waals surface area contributed by atoms with Crippen LogP contribution in [0.4, 0.5) is 5.69 Å². The number of ketones is 1. The van der Waals surface area contributed by atoms with Gasteiger partial charge in [0.15, 0.2) is 11.4 Å². The van der Waals surface area contributed by atoms with Crippen molar-refractivity contribution in [3.8, 4) is 0 Å². The van der Waals surface area contributed by atoms with Crippen LogP contribution in [0.2, 0.25) is 5.02 Å². The molecule has 0 radical (unpaired) electrons. The van der Waals surface area contributed by atoms with Crippen LogP contribution < -0.4 is 4.90 Å². The van der Waals surface area contributed by atoms with Crippen molar-refractivity contribution in [1.29, 1.82) is 0 Å². The Hall–Kier alpha value is -3.47. The Labute approximate surface area is 197 Å². The Balaban J connectivity index is 1.55. The molecule has 1 unspecified atom stereocenters. The lowest BCUT2D eigenvalue weighted by molar-refractivity contribution is -0.136. The monoisotopic (exact) mass is 455 g/mol. The summed E-state index contributed by atoms with van der Waals surface area (Å²) in [4.78, 5) is 28.6. The molecule has 0 fully saturated rings. The number of Topliss-reactive ketones (excluding diaryl/α,β-unsaturated/α-hetero) is 1. The number of anilines is 1. The van der Waals surface area contributed by atoms with Crippen molar-refractivity contribution in [2.24, 2.45) is 0 Å². The summed E-state index contributed by atoms with van der Waals surface area (Å²) >= 11 is 6.24. The van der Waals surface area contributed by atoms with Crippen LogP contribution in [-0.4, -0.2) is 16.8 Å². The summed E-state index contributed by atoms with van der Waals surface area (Å²) in [5.74, 6) is -0.817. The van der Waals surface area contributed by atoms with E-state index < -0.39 is 11.5 Å². The summed E-state index contributed by atoms with van der Waals surface area (Å²) in [6.07, 6.45) is -0.364. The van der Waals surface area contributed by atoms with Gasteiger partial charge in [-0.3, -0.25) is 9.59 Å². The van der Waals surface area contributed by atoms with Crippen LogP contribution in [0, 0.1) is 6.92 Å². The Kier molecular flexibility index (Phi) is 5.28. The van der Waals surface area contributed by atoms with Crippen molar-refractivity contribution < 1.29 is 14.7 Å². The number of fused-ring (bicyclic) bond motifs is 2. The molecule has 0 saturated carbocycles. The number of amides is 1. The van der Waals surface area contributed by atoms with Crippen LogP contribution >= 0.6 is 11.6 Å². The minimum Gasteiger partial charge on any atom is -0.375 e. The minimum atomic E-state index is -1.99. The highest BCUT2D eigenvalue weighted by Gasteiger charge is 2.51. The summed E-state index contributed by atoms with van der Waals surface area (Å²) in [6.45, 7) is 2.28. The fraction of sp³-hybridized carbons (Fsp3) is 0.143. The molecule has 0 aliphatic carbocycles. The maximum absolute atomic E-state index is 13.6. The number of rotatable bonds is 5. The Bertz CT molecular complexity index is 1410. The molecule has 1 amide bonds. The predicted octanol–water partition coefficient (Wildman–Crippen LogP) is 5.81. The minimum absolute atomic E-state index is 0.297. The highest BCUT2D eigenvalue weighted by Crippen LogP contribution is 2.45. The van der Waals surface area contributed by atoms with Gasteiger partial charge in [0.05, 0.1) is 18.7 Å². The zero-order chi connectivity index (χ0) is 23.2. The van der Waals surface area contributed by atoms with Gasteiger partial charge in [-0.05, 0) is 47.0 Å². The second-order valence-corrected chi connectivity index (χ2v) is 8.90. The standard InChI is InChI=1S/C28H22ClNO3/c1-18-7-2-3-9-20(18)17-30-25-14-13-21(29)15-24(25)28(33,27(30)32)16-26(31)23-12-6-10-19-8-4-5-11-22(19)23/h2-15,33H,16-17H2,1H3. The van der Waals surface area contributed by atoms with Crippen molar-refractivity contribution in [1.82, 2.24) is 0 Å². The molecule has 33 heavy (non-hydrogen) atoms. The average molecular weight is 456 g/mol. The molecule has 1 N–H and O–H groups in total. The second-order valence-electron chi connectivity index (χ2n) is 8.47. The van der Waals surface area contributed by atoms with Gasteiger partial charge in [-0.2, -0.15) is 0 Å². The van der Waals surface area contributed by atoms with E-state index in [0.717, 1.165) is 21.9 Å². The lowest BCUT2D eigenvalue weighted by Gasteiger charge is -2.23. The van der Waals surface area contributed by atoms with Crippen molar-refractivity contribution in [3.63, 3.8) is 0 Å². The molecule has 4 aromatic carbocycles. The lowest BCUT2D eigenvalue weighted by Crippen LogP contribution is -2.41. The van der Waals surface area contributed by atoms with Gasteiger partial charge in [0.1, 0.15) is 0 Å². The number of aliphatic hydroxyl groups is 1. The van der Waals surface area contributed by atoms with E-state index in [1.54, 1.807) is 29.2 Å². The number of halogens is 1. The third-order valence-electron chi connectivity index (χ3n) is 6.39. The average Bonchev–Trinajstić information content (AvgIpc) is 3.01. The maximum Gasteiger partial charge on any atom is 0.264 e. The van der Waals surface area contributed by atoms with Crippen molar-refractivity contribution >= 4 is 39.8 Å². The molecule has 1 aliphatic heterocycles. The molecule has 1 heterocycles. The highest BCUT2D eigenvalue weighted by atomic mass is 35.5. The van der Waals surface area contributed by atoms with Crippen LogP contribution in [0.25, 0.3) is 10.8 Å². The van der Waals surface area contributed by atoms with Gasteiger partial charge < -0.3 is 10.0 Å². The molecule has 4 nitrogen and oxygen atoms in total. The Morgan fingerprint density at radius 2 is 1.70 bits per heavy atom. The van der Waals surface area contributed by atoms with Gasteiger partial charge in [-0.15, -0.1) is 0 Å². The van der Waals surface area contributed by atoms with E-state index in [-0.39, 0.29) is 12.2 Å². The van der Waals surface area contributed by atoms with Gasteiger partial charge in [-0.1, -0.05) is 78.3 Å². The number of hydrogen-bond donors (Lipinski definition) is 1.